The van der Waals surface area contributed by atoms with Crippen molar-refractivity contribution in [3.63, 3.8) is 0 Å². The summed E-state index contributed by atoms with van der Waals surface area (Å²) in [5, 5.41) is 13.9. The van der Waals surface area contributed by atoms with Gasteiger partial charge < -0.3 is 10.1 Å². The van der Waals surface area contributed by atoms with Crippen LogP contribution in [-0.2, 0) is 20.2 Å². The molecule has 1 amide bonds. The number of hydrogen-bond donors (Lipinski definition) is 1. The smallest absolute Gasteiger partial charge is 0.274 e. The number of nitro benzene ring substituents is 1. The van der Waals surface area contributed by atoms with E-state index in [0.29, 0.717) is 13.2 Å². The Morgan fingerprint density at radius 1 is 1.15 bits per heavy atom. The molecule has 0 aromatic heterocycles. The third-order valence-electron chi connectivity index (χ3n) is 5.32. The number of sulfonamides is 1. The number of nitrogens with one attached hydrogen (secondary N) is 1. The molecule has 0 bridgehead atoms. The van der Waals surface area contributed by atoms with Gasteiger partial charge in [-0.15, -0.1) is 0 Å². The van der Waals surface area contributed by atoms with Crippen LogP contribution in [0.5, 0.6) is 5.75 Å². The molecule has 0 aliphatic rings. The van der Waals surface area contributed by atoms with E-state index >= 15 is 0 Å². The van der Waals surface area contributed by atoms with Gasteiger partial charge in [-0.1, -0.05) is 39.0 Å². The molecule has 0 aliphatic carbocycles. The highest BCUT2D eigenvalue weighted by molar-refractivity contribution is 7.92. The van der Waals surface area contributed by atoms with Crippen LogP contribution < -0.4 is 14.4 Å². The molecule has 0 spiro atoms. The maximum Gasteiger partial charge on any atom is 0.274 e. The number of amides is 1. The predicted octanol–water partition coefficient (Wildman–Crippen LogP) is 3.94. The zero-order chi connectivity index (χ0) is 25.5. The molecule has 2 aromatic rings. The molecule has 0 saturated carbocycles. The molecule has 0 aliphatic heterocycles. The molecule has 9 nitrogen and oxygen atoms in total. The van der Waals surface area contributed by atoms with Gasteiger partial charge in [0.1, 0.15) is 12.4 Å². The van der Waals surface area contributed by atoms with E-state index in [-0.39, 0.29) is 47.6 Å². The van der Waals surface area contributed by atoms with Crippen molar-refractivity contribution >= 4 is 27.3 Å². The molecule has 0 heterocycles. The zero-order valence-corrected chi connectivity index (χ0v) is 21.1. The van der Waals surface area contributed by atoms with E-state index in [1.54, 1.807) is 0 Å². The Kier molecular flexibility index (Phi) is 9.03. The van der Waals surface area contributed by atoms with E-state index in [4.69, 9.17) is 4.74 Å². The fourth-order valence-electron chi connectivity index (χ4n) is 3.43. The number of carbonyl (C=O) groups is 1. The van der Waals surface area contributed by atoms with Crippen LogP contribution in [0, 0.1) is 17.0 Å². The fourth-order valence-corrected chi connectivity index (χ4v) is 4.44. The van der Waals surface area contributed by atoms with Crippen molar-refractivity contribution in [1.29, 1.82) is 0 Å². The first-order chi connectivity index (χ1) is 15.8. The van der Waals surface area contributed by atoms with Gasteiger partial charge in [-0.2, -0.15) is 0 Å². The van der Waals surface area contributed by atoms with Crippen molar-refractivity contribution in [2.75, 3.05) is 30.3 Å². The Morgan fingerprint density at radius 3 is 2.35 bits per heavy atom. The molecule has 10 heteroatoms. The number of benzene rings is 2. The average Bonchev–Trinajstić information content (AvgIpc) is 2.73. The summed E-state index contributed by atoms with van der Waals surface area (Å²) in [6.45, 7) is 8.58. The molecule has 2 rings (SSSR count). The molecule has 2 aromatic carbocycles. The number of hydrogen-bond acceptors (Lipinski definition) is 6. The summed E-state index contributed by atoms with van der Waals surface area (Å²) in [6, 6.07) is 12.1. The lowest BCUT2D eigenvalue weighted by Crippen LogP contribution is -2.33. The number of anilines is 1. The van der Waals surface area contributed by atoms with Crippen LogP contribution in [0.2, 0.25) is 0 Å². The second kappa shape index (κ2) is 11.3. The van der Waals surface area contributed by atoms with E-state index in [1.165, 1.54) is 30.7 Å². The van der Waals surface area contributed by atoms with E-state index in [1.807, 2.05) is 24.3 Å². The molecule has 1 N–H and O–H groups in total. The first-order valence-electron chi connectivity index (χ1n) is 11.0. The zero-order valence-electron chi connectivity index (χ0n) is 20.3. The van der Waals surface area contributed by atoms with Gasteiger partial charge in [0.2, 0.25) is 15.9 Å². The third kappa shape index (κ3) is 7.72. The minimum Gasteiger partial charge on any atom is -0.492 e. The molecule has 0 atom stereocenters. The Hall–Kier alpha value is -3.14. The summed E-state index contributed by atoms with van der Waals surface area (Å²) in [7, 11) is -3.69. The van der Waals surface area contributed by atoms with Crippen LogP contribution in [-0.4, -0.2) is 45.2 Å². The van der Waals surface area contributed by atoms with Crippen molar-refractivity contribution in [3.05, 3.63) is 63.7 Å². The maximum atomic E-state index is 12.3. The average molecular weight is 492 g/mol. The molecule has 0 unspecified atom stereocenters. The normalized spacial score (nSPS) is 11.7. The molecular weight excluding hydrogens is 458 g/mol. The highest BCUT2D eigenvalue weighted by atomic mass is 32.2. The fraction of sp³-hybridized carbons (Fsp3) is 0.458. The summed E-state index contributed by atoms with van der Waals surface area (Å²) >= 11 is 0. The standard InChI is InChI=1S/C24H33N3O6S/c1-18-21(8-6-9-22(18)27(29)30)26(34(5,31)32)16-7-10-23(28)25-15-17-33-20-13-11-19(12-14-20)24(2,3)4/h6,8-9,11-14H,7,10,15-17H2,1-5H3,(H,25,28). The lowest BCUT2D eigenvalue weighted by Gasteiger charge is -2.24. The van der Waals surface area contributed by atoms with Crippen LogP contribution in [0.25, 0.3) is 0 Å². The Labute approximate surface area is 201 Å². The minimum atomic E-state index is -3.69. The van der Waals surface area contributed by atoms with Gasteiger partial charge in [-0.05, 0) is 42.5 Å². The topological polar surface area (TPSA) is 119 Å². The summed E-state index contributed by atoms with van der Waals surface area (Å²) in [6.07, 6.45) is 1.41. The van der Waals surface area contributed by atoms with Crippen LogP contribution in [0.4, 0.5) is 11.4 Å². The van der Waals surface area contributed by atoms with Gasteiger partial charge in [-0.3, -0.25) is 19.2 Å². The van der Waals surface area contributed by atoms with Crippen LogP contribution in [0.3, 0.4) is 0 Å². The maximum absolute atomic E-state index is 12.3. The molecule has 0 saturated heterocycles. The van der Waals surface area contributed by atoms with Gasteiger partial charge in [0.25, 0.3) is 5.69 Å². The minimum absolute atomic E-state index is 0.0326. The first-order valence-corrected chi connectivity index (χ1v) is 12.9. The van der Waals surface area contributed by atoms with Crippen molar-refractivity contribution < 1.29 is 22.9 Å². The highest BCUT2D eigenvalue weighted by Crippen LogP contribution is 2.30. The largest absolute Gasteiger partial charge is 0.492 e. The Balaban J connectivity index is 1.84. The molecular formula is C24H33N3O6S. The second-order valence-electron chi connectivity index (χ2n) is 9.09. The van der Waals surface area contributed by atoms with E-state index in [9.17, 15) is 23.3 Å². The number of carbonyl (C=O) groups excluding carboxylic acids is 1. The van der Waals surface area contributed by atoms with Gasteiger partial charge in [0, 0.05) is 19.0 Å². The summed E-state index contributed by atoms with van der Waals surface area (Å²) in [5.74, 6) is 0.495. The lowest BCUT2D eigenvalue weighted by atomic mass is 9.87. The molecule has 0 fully saturated rings. The van der Waals surface area contributed by atoms with Gasteiger partial charge >= 0.3 is 0 Å². The van der Waals surface area contributed by atoms with Gasteiger partial charge in [-0.25, -0.2) is 8.42 Å². The predicted molar refractivity (Wildman–Crippen MR) is 133 cm³/mol. The van der Waals surface area contributed by atoms with Crippen LogP contribution in [0.15, 0.2) is 42.5 Å². The van der Waals surface area contributed by atoms with Crippen molar-refractivity contribution in [1.82, 2.24) is 5.32 Å². The van der Waals surface area contributed by atoms with Crippen molar-refractivity contribution in [2.24, 2.45) is 0 Å². The summed E-state index contributed by atoms with van der Waals surface area (Å²) < 4.78 is 31.4. The van der Waals surface area contributed by atoms with E-state index < -0.39 is 14.9 Å². The SMILES string of the molecule is Cc1c(N(CCCC(=O)NCCOc2ccc(C(C)(C)C)cc2)S(C)(=O)=O)cccc1[N+](=O)[O-]. The van der Waals surface area contributed by atoms with Crippen LogP contribution in [0.1, 0.15) is 44.7 Å². The lowest BCUT2D eigenvalue weighted by molar-refractivity contribution is -0.385. The summed E-state index contributed by atoms with van der Waals surface area (Å²) in [5.41, 5.74) is 1.61. The monoisotopic (exact) mass is 491 g/mol. The molecule has 34 heavy (non-hydrogen) atoms. The van der Waals surface area contributed by atoms with Crippen molar-refractivity contribution in [3.8, 4) is 5.75 Å². The van der Waals surface area contributed by atoms with Gasteiger partial charge in [0.05, 0.1) is 29.0 Å². The Bertz CT molecular complexity index is 1110. The highest BCUT2D eigenvalue weighted by Gasteiger charge is 2.23. The number of nitro groups is 1. The second-order valence-corrected chi connectivity index (χ2v) is 11.0. The van der Waals surface area contributed by atoms with Crippen LogP contribution >= 0.6 is 0 Å². The van der Waals surface area contributed by atoms with Crippen molar-refractivity contribution in [2.45, 2.75) is 46.0 Å². The Morgan fingerprint density at radius 2 is 1.79 bits per heavy atom. The van der Waals surface area contributed by atoms with E-state index in [0.717, 1.165) is 16.3 Å². The van der Waals surface area contributed by atoms with Gasteiger partial charge in [0.15, 0.2) is 0 Å². The molecule has 186 valence electrons. The number of ether oxygens (including phenoxy) is 1. The molecule has 0 radical (unpaired) electrons. The number of nitrogens with zero attached hydrogens (tertiary/aromatic N) is 2. The third-order valence-corrected chi connectivity index (χ3v) is 6.50. The summed E-state index contributed by atoms with van der Waals surface area (Å²) in [4.78, 5) is 22.8. The van der Waals surface area contributed by atoms with E-state index in [2.05, 4.69) is 26.1 Å². The quantitative estimate of drug-likeness (QED) is 0.289. The number of rotatable bonds is 11. The first kappa shape index (κ1) is 27.1.